The monoisotopic (exact) mass is 451 g/mol. The molecular formula is C22H22BrN5O. The van der Waals surface area contributed by atoms with Crippen LogP contribution in [0.5, 0.6) is 0 Å². The number of aromatic nitrogens is 2. The van der Waals surface area contributed by atoms with Crippen molar-refractivity contribution in [3.63, 3.8) is 0 Å². The Balaban J connectivity index is 1.61. The molecule has 6 nitrogen and oxygen atoms in total. The van der Waals surface area contributed by atoms with Gasteiger partial charge in [0.05, 0.1) is 12.2 Å². The van der Waals surface area contributed by atoms with Crippen LogP contribution in [0.1, 0.15) is 11.3 Å². The zero-order valence-corrected chi connectivity index (χ0v) is 18.0. The van der Waals surface area contributed by atoms with Crippen molar-refractivity contribution in [3.05, 3.63) is 70.3 Å². The molecule has 2 aromatic carbocycles. The van der Waals surface area contributed by atoms with E-state index in [1.165, 1.54) is 0 Å². The number of nitrogens with one attached hydrogen (secondary N) is 1. The molecule has 1 aliphatic heterocycles. The second-order valence-corrected chi connectivity index (χ2v) is 8.08. The maximum atomic E-state index is 12.8. The molecule has 1 N–H and O–H groups in total. The number of carbonyl (C=O) groups excluding carboxylic acids is 1. The maximum absolute atomic E-state index is 12.8. The molecule has 0 fully saturated rings. The molecule has 0 atom stereocenters. The molecule has 0 saturated heterocycles. The van der Waals surface area contributed by atoms with Gasteiger partial charge in [-0.1, -0.05) is 52.3 Å². The normalized spacial score (nSPS) is 13.0. The van der Waals surface area contributed by atoms with Crippen LogP contribution >= 0.6 is 15.9 Å². The van der Waals surface area contributed by atoms with E-state index in [4.69, 9.17) is 9.97 Å². The Morgan fingerprint density at radius 3 is 2.62 bits per heavy atom. The summed E-state index contributed by atoms with van der Waals surface area (Å²) in [5, 5.41) is 2.97. The van der Waals surface area contributed by atoms with Gasteiger partial charge in [0.1, 0.15) is 5.82 Å². The number of carbonyl (C=O) groups is 1. The third kappa shape index (κ3) is 4.24. The van der Waals surface area contributed by atoms with Crippen LogP contribution in [-0.2, 0) is 13.0 Å². The van der Waals surface area contributed by atoms with Crippen LogP contribution in [0, 0.1) is 0 Å². The van der Waals surface area contributed by atoms with Gasteiger partial charge in [0.25, 0.3) is 0 Å². The SMILES string of the molecule is CN(C)c1nc(-c2ccccc2)nc2c1CN(C(=O)Nc1cccc(Br)c1)CC2. The Kier molecular flexibility index (Phi) is 5.49. The van der Waals surface area contributed by atoms with Crippen LogP contribution in [0.3, 0.4) is 0 Å². The molecule has 2 heterocycles. The van der Waals surface area contributed by atoms with Crippen LogP contribution in [0.15, 0.2) is 59.1 Å². The predicted molar refractivity (Wildman–Crippen MR) is 119 cm³/mol. The molecule has 148 valence electrons. The third-order valence-corrected chi connectivity index (χ3v) is 5.35. The lowest BCUT2D eigenvalue weighted by molar-refractivity contribution is 0.206. The number of urea groups is 1. The van der Waals surface area contributed by atoms with Crippen LogP contribution in [0.2, 0.25) is 0 Å². The van der Waals surface area contributed by atoms with E-state index in [-0.39, 0.29) is 6.03 Å². The van der Waals surface area contributed by atoms with Crippen molar-refractivity contribution in [2.24, 2.45) is 0 Å². The minimum absolute atomic E-state index is 0.120. The molecule has 1 aliphatic rings. The zero-order valence-electron chi connectivity index (χ0n) is 16.4. The summed E-state index contributed by atoms with van der Waals surface area (Å²) in [5.41, 5.74) is 3.77. The van der Waals surface area contributed by atoms with Gasteiger partial charge in [-0.25, -0.2) is 14.8 Å². The Bertz CT molecular complexity index is 1040. The number of anilines is 2. The van der Waals surface area contributed by atoms with Crippen LogP contribution in [0.4, 0.5) is 16.3 Å². The van der Waals surface area contributed by atoms with Gasteiger partial charge in [-0.2, -0.15) is 0 Å². The fourth-order valence-electron chi connectivity index (χ4n) is 3.43. The summed E-state index contributed by atoms with van der Waals surface area (Å²) in [7, 11) is 3.94. The number of rotatable bonds is 3. The Morgan fingerprint density at radius 1 is 1.10 bits per heavy atom. The summed E-state index contributed by atoms with van der Waals surface area (Å²) in [4.78, 5) is 26.2. The van der Waals surface area contributed by atoms with Crippen molar-refractivity contribution in [2.75, 3.05) is 30.9 Å². The average Bonchev–Trinajstić information content (AvgIpc) is 2.73. The molecular weight excluding hydrogens is 430 g/mol. The highest BCUT2D eigenvalue weighted by atomic mass is 79.9. The lowest BCUT2D eigenvalue weighted by Crippen LogP contribution is -2.40. The second-order valence-electron chi connectivity index (χ2n) is 7.17. The molecule has 7 heteroatoms. The fraction of sp³-hybridized carbons (Fsp3) is 0.227. The van der Waals surface area contributed by atoms with Gasteiger partial charge in [-0.3, -0.25) is 0 Å². The lowest BCUT2D eigenvalue weighted by Gasteiger charge is -2.31. The molecule has 4 rings (SSSR count). The largest absolute Gasteiger partial charge is 0.362 e. The predicted octanol–water partition coefficient (Wildman–Crippen LogP) is 4.56. The number of nitrogens with zero attached hydrogens (tertiary/aromatic N) is 4. The van der Waals surface area contributed by atoms with Crippen molar-refractivity contribution < 1.29 is 4.79 Å². The average molecular weight is 452 g/mol. The standard InChI is InChI=1S/C22H22BrN5O/c1-27(2)21-18-14-28(22(29)24-17-10-6-9-16(23)13-17)12-11-19(18)25-20(26-21)15-7-4-3-5-8-15/h3-10,13H,11-12,14H2,1-2H3,(H,24,29). The van der Waals surface area contributed by atoms with E-state index in [0.717, 1.165) is 38.6 Å². The summed E-state index contributed by atoms with van der Waals surface area (Å²) in [6, 6.07) is 17.5. The van der Waals surface area contributed by atoms with Crippen molar-refractivity contribution >= 4 is 33.5 Å². The fourth-order valence-corrected chi connectivity index (χ4v) is 3.82. The number of benzene rings is 2. The number of hydrogen-bond donors (Lipinski definition) is 1. The van der Waals surface area contributed by atoms with Gasteiger partial charge in [-0.15, -0.1) is 0 Å². The van der Waals surface area contributed by atoms with Crippen molar-refractivity contribution in [1.82, 2.24) is 14.9 Å². The van der Waals surface area contributed by atoms with E-state index < -0.39 is 0 Å². The molecule has 2 amide bonds. The molecule has 0 aliphatic carbocycles. The number of fused-ring (bicyclic) bond motifs is 1. The first-order valence-corrected chi connectivity index (χ1v) is 10.2. The smallest absolute Gasteiger partial charge is 0.322 e. The molecule has 1 aromatic heterocycles. The Hall–Kier alpha value is -2.93. The highest BCUT2D eigenvalue weighted by Crippen LogP contribution is 2.29. The maximum Gasteiger partial charge on any atom is 0.322 e. The van der Waals surface area contributed by atoms with Gasteiger partial charge in [-0.05, 0) is 18.2 Å². The van der Waals surface area contributed by atoms with Crippen LogP contribution in [0.25, 0.3) is 11.4 Å². The number of halogens is 1. The third-order valence-electron chi connectivity index (χ3n) is 4.86. The first kappa shape index (κ1) is 19.4. The van der Waals surface area contributed by atoms with E-state index in [9.17, 15) is 4.79 Å². The van der Waals surface area contributed by atoms with Gasteiger partial charge in [0, 0.05) is 48.3 Å². The van der Waals surface area contributed by atoms with Gasteiger partial charge in [0.2, 0.25) is 0 Å². The van der Waals surface area contributed by atoms with Gasteiger partial charge >= 0.3 is 6.03 Å². The summed E-state index contributed by atoms with van der Waals surface area (Å²) in [6.45, 7) is 1.10. The molecule has 0 spiro atoms. The number of amides is 2. The highest BCUT2D eigenvalue weighted by molar-refractivity contribution is 9.10. The second kappa shape index (κ2) is 8.21. The summed E-state index contributed by atoms with van der Waals surface area (Å²) in [5.74, 6) is 1.58. The van der Waals surface area contributed by atoms with E-state index in [0.29, 0.717) is 19.5 Å². The first-order chi connectivity index (χ1) is 14.0. The van der Waals surface area contributed by atoms with Gasteiger partial charge < -0.3 is 15.1 Å². The minimum Gasteiger partial charge on any atom is -0.362 e. The molecule has 29 heavy (non-hydrogen) atoms. The molecule has 0 unspecified atom stereocenters. The quantitative estimate of drug-likeness (QED) is 0.633. The Morgan fingerprint density at radius 2 is 1.90 bits per heavy atom. The van der Waals surface area contributed by atoms with Crippen LogP contribution < -0.4 is 10.2 Å². The topological polar surface area (TPSA) is 61.4 Å². The molecule has 0 bridgehead atoms. The number of hydrogen-bond acceptors (Lipinski definition) is 4. The van der Waals surface area contributed by atoms with Crippen molar-refractivity contribution in [3.8, 4) is 11.4 Å². The summed E-state index contributed by atoms with van der Waals surface area (Å²) >= 11 is 3.43. The first-order valence-electron chi connectivity index (χ1n) is 9.45. The minimum atomic E-state index is -0.120. The zero-order chi connectivity index (χ0) is 20.4. The van der Waals surface area contributed by atoms with E-state index >= 15 is 0 Å². The van der Waals surface area contributed by atoms with Gasteiger partial charge in [0.15, 0.2) is 5.82 Å². The van der Waals surface area contributed by atoms with Crippen molar-refractivity contribution in [2.45, 2.75) is 13.0 Å². The summed E-state index contributed by atoms with van der Waals surface area (Å²) in [6.07, 6.45) is 0.699. The summed E-state index contributed by atoms with van der Waals surface area (Å²) < 4.78 is 0.927. The van der Waals surface area contributed by atoms with E-state index in [1.807, 2.05) is 78.5 Å². The van der Waals surface area contributed by atoms with E-state index in [1.54, 1.807) is 0 Å². The van der Waals surface area contributed by atoms with Crippen molar-refractivity contribution in [1.29, 1.82) is 0 Å². The molecule has 0 saturated carbocycles. The molecule has 0 radical (unpaired) electrons. The molecule has 3 aromatic rings. The lowest BCUT2D eigenvalue weighted by atomic mass is 10.1. The van der Waals surface area contributed by atoms with E-state index in [2.05, 4.69) is 21.2 Å². The van der Waals surface area contributed by atoms with Crippen LogP contribution in [-0.4, -0.2) is 41.5 Å². The highest BCUT2D eigenvalue weighted by Gasteiger charge is 2.26. The Labute approximate surface area is 178 Å².